The van der Waals surface area contributed by atoms with E-state index in [1.165, 1.54) is 18.6 Å². The maximum atomic E-state index is 11.8. The van der Waals surface area contributed by atoms with E-state index in [0.29, 0.717) is 27.1 Å². The number of hydrogen-bond donors (Lipinski definition) is 2. The molecule has 2 aromatic rings. The number of phenolic OH excluding ortho intramolecular Hbond substituents is 1. The molecule has 2 rings (SSSR count). The number of benzene rings is 1. The smallest absolute Gasteiger partial charge is 0.271 e. The monoisotopic (exact) mass is 411 g/mol. The van der Waals surface area contributed by atoms with Crippen LogP contribution in [0.2, 0.25) is 0 Å². The molecule has 1 aromatic carbocycles. The molecule has 1 amide bonds. The number of hydrazone groups is 1. The Morgan fingerprint density at radius 2 is 2.18 bits per heavy atom. The van der Waals surface area contributed by atoms with Crippen molar-refractivity contribution in [2.45, 2.75) is 6.92 Å². The predicted molar refractivity (Wildman–Crippen MR) is 91.3 cm³/mol. The van der Waals surface area contributed by atoms with Gasteiger partial charge in [0.2, 0.25) is 0 Å². The van der Waals surface area contributed by atoms with Gasteiger partial charge in [0.1, 0.15) is 0 Å². The summed E-state index contributed by atoms with van der Waals surface area (Å²) < 4.78 is 5.99. The van der Waals surface area contributed by atoms with Gasteiger partial charge in [-0.1, -0.05) is 0 Å². The van der Waals surface area contributed by atoms with E-state index in [4.69, 9.17) is 4.74 Å². The van der Waals surface area contributed by atoms with Crippen molar-refractivity contribution in [2.75, 3.05) is 6.61 Å². The normalized spacial score (nSPS) is 10.6. The predicted octanol–water partition coefficient (Wildman–Crippen LogP) is 2.55. The fourth-order valence-electron chi connectivity index (χ4n) is 1.67. The van der Waals surface area contributed by atoms with Crippen LogP contribution in [0, 0.1) is 3.57 Å². The number of amides is 1. The highest BCUT2D eigenvalue weighted by atomic mass is 127. The summed E-state index contributed by atoms with van der Waals surface area (Å²) in [6.07, 6.45) is 4.56. The number of aromatic hydroxyl groups is 1. The van der Waals surface area contributed by atoms with Crippen molar-refractivity contribution in [3.8, 4) is 11.5 Å². The van der Waals surface area contributed by atoms with Crippen molar-refractivity contribution in [1.29, 1.82) is 0 Å². The molecule has 0 aliphatic heterocycles. The Hall–Kier alpha value is -2.16. The number of carbonyl (C=O) groups is 1. The molecule has 0 aliphatic carbocycles. The molecule has 114 valence electrons. The van der Waals surface area contributed by atoms with Crippen molar-refractivity contribution in [1.82, 2.24) is 10.4 Å². The summed E-state index contributed by atoms with van der Waals surface area (Å²) in [5.74, 6) is 0.161. The van der Waals surface area contributed by atoms with Gasteiger partial charge >= 0.3 is 0 Å². The van der Waals surface area contributed by atoms with Crippen LogP contribution in [-0.4, -0.2) is 28.8 Å². The second-order valence-electron chi connectivity index (χ2n) is 4.22. The molecule has 0 bridgehead atoms. The van der Waals surface area contributed by atoms with Crippen LogP contribution in [-0.2, 0) is 0 Å². The third-order valence-corrected chi connectivity index (χ3v) is 3.50. The van der Waals surface area contributed by atoms with Gasteiger partial charge < -0.3 is 9.84 Å². The first-order chi connectivity index (χ1) is 10.6. The molecule has 1 aromatic heterocycles. The number of ether oxygens (including phenoxy) is 1. The standard InChI is InChI=1S/C15H14IN3O3/c1-2-22-13-8-10(7-12(16)14(13)20)9-18-19-15(21)11-3-5-17-6-4-11/h3-9,20H,2H2,1H3,(H,19,21)/b18-9-. The molecule has 2 N–H and O–H groups in total. The van der Waals surface area contributed by atoms with E-state index in [0.717, 1.165) is 0 Å². The van der Waals surface area contributed by atoms with Crippen LogP contribution in [0.1, 0.15) is 22.8 Å². The quantitative estimate of drug-likeness (QED) is 0.450. The second kappa shape index (κ2) is 7.74. The van der Waals surface area contributed by atoms with Crippen LogP contribution in [0.3, 0.4) is 0 Å². The summed E-state index contributed by atoms with van der Waals surface area (Å²) >= 11 is 2.00. The number of phenols is 1. The van der Waals surface area contributed by atoms with E-state index >= 15 is 0 Å². The van der Waals surface area contributed by atoms with E-state index in [1.54, 1.807) is 24.3 Å². The number of nitrogens with zero attached hydrogens (tertiary/aromatic N) is 2. The molecule has 0 radical (unpaired) electrons. The summed E-state index contributed by atoms with van der Waals surface area (Å²) in [4.78, 5) is 15.7. The lowest BCUT2D eigenvalue weighted by Crippen LogP contribution is -2.17. The van der Waals surface area contributed by atoms with Gasteiger partial charge in [-0.15, -0.1) is 0 Å². The van der Waals surface area contributed by atoms with Crippen molar-refractivity contribution in [3.63, 3.8) is 0 Å². The Morgan fingerprint density at radius 3 is 2.86 bits per heavy atom. The molecule has 7 heteroatoms. The topological polar surface area (TPSA) is 83.8 Å². The minimum atomic E-state index is -0.322. The van der Waals surface area contributed by atoms with Crippen molar-refractivity contribution in [2.24, 2.45) is 5.10 Å². The Labute approximate surface area is 141 Å². The zero-order valence-corrected chi connectivity index (χ0v) is 13.9. The van der Waals surface area contributed by atoms with Crippen LogP contribution >= 0.6 is 22.6 Å². The number of pyridine rings is 1. The number of nitrogens with one attached hydrogen (secondary N) is 1. The zero-order valence-electron chi connectivity index (χ0n) is 11.8. The highest BCUT2D eigenvalue weighted by Gasteiger charge is 2.08. The maximum Gasteiger partial charge on any atom is 0.271 e. The Morgan fingerprint density at radius 1 is 1.45 bits per heavy atom. The van der Waals surface area contributed by atoms with Crippen LogP contribution < -0.4 is 10.2 Å². The molecule has 0 saturated carbocycles. The molecule has 0 unspecified atom stereocenters. The van der Waals surface area contributed by atoms with Gasteiger partial charge in [-0.2, -0.15) is 5.10 Å². The lowest BCUT2D eigenvalue weighted by Gasteiger charge is -2.08. The first-order valence-electron chi connectivity index (χ1n) is 6.50. The molecule has 0 saturated heterocycles. The first kappa shape index (κ1) is 16.2. The highest BCUT2D eigenvalue weighted by molar-refractivity contribution is 14.1. The maximum absolute atomic E-state index is 11.8. The molecule has 1 heterocycles. The highest BCUT2D eigenvalue weighted by Crippen LogP contribution is 2.32. The average Bonchev–Trinajstić information content (AvgIpc) is 2.53. The number of carbonyl (C=O) groups excluding carboxylic acids is 1. The molecular weight excluding hydrogens is 397 g/mol. The van der Waals surface area contributed by atoms with Gasteiger partial charge in [-0.25, -0.2) is 5.43 Å². The Balaban J connectivity index is 2.09. The van der Waals surface area contributed by atoms with Crippen molar-refractivity contribution in [3.05, 3.63) is 51.4 Å². The third-order valence-electron chi connectivity index (χ3n) is 2.67. The van der Waals surface area contributed by atoms with Gasteiger partial charge in [0.05, 0.1) is 16.4 Å². The fourth-order valence-corrected chi connectivity index (χ4v) is 2.29. The van der Waals surface area contributed by atoms with Crippen LogP contribution in [0.4, 0.5) is 0 Å². The molecule has 0 aliphatic rings. The lowest BCUT2D eigenvalue weighted by molar-refractivity contribution is 0.0955. The van der Waals surface area contributed by atoms with Gasteiger partial charge in [0.15, 0.2) is 11.5 Å². The third kappa shape index (κ3) is 4.17. The summed E-state index contributed by atoms with van der Waals surface area (Å²) in [6, 6.07) is 6.59. The second-order valence-corrected chi connectivity index (χ2v) is 5.38. The van der Waals surface area contributed by atoms with E-state index in [9.17, 15) is 9.90 Å². The van der Waals surface area contributed by atoms with E-state index in [2.05, 4.69) is 15.5 Å². The molecule has 0 atom stereocenters. The van der Waals surface area contributed by atoms with Crippen molar-refractivity contribution >= 4 is 34.7 Å². The van der Waals surface area contributed by atoms with Gasteiger partial charge in [0.25, 0.3) is 5.91 Å². The van der Waals surface area contributed by atoms with E-state index in [-0.39, 0.29) is 11.7 Å². The molecular formula is C15H14IN3O3. The largest absolute Gasteiger partial charge is 0.504 e. The van der Waals surface area contributed by atoms with Crippen LogP contribution in [0.15, 0.2) is 41.8 Å². The lowest BCUT2D eigenvalue weighted by atomic mass is 10.2. The Bertz CT molecular complexity index is 690. The number of halogens is 1. The summed E-state index contributed by atoms with van der Waals surface area (Å²) in [5.41, 5.74) is 3.61. The number of hydrogen-bond acceptors (Lipinski definition) is 5. The number of aromatic nitrogens is 1. The molecule has 0 spiro atoms. The summed E-state index contributed by atoms with van der Waals surface area (Å²) in [6.45, 7) is 2.28. The van der Waals surface area contributed by atoms with Gasteiger partial charge in [-0.3, -0.25) is 9.78 Å². The summed E-state index contributed by atoms with van der Waals surface area (Å²) in [5, 5.41) is 13.8. The zero-order chi connectivity index (χ0) is 15.9. The molecule has 0 fully saturated rings. The van der Waals surface area contributed by atoms with Crippen LogP contribution in [0.5, 0.6) is 11.5 Å². The van der Waals surface area contributed by atoms with Crippen LogP contribution in [0.25, 0.3) is 0 Å². The van der Waals surface area contributed by atoms with E-state index in [1.807, 2.05) is 29.5 Å². The van der Waals surface area contributed by atoms with Gasteiger partial charge in [0, 0.05) is 18.0 Å². The summed E-state index contributed by atoms with van der Waals surface area (Å²) in [7, 11) is 0. The van der Waals surface area contributed by atoms with Crippen molar-refractivity contribution < 1.29 is 14.6 Å². The molecule has 22 heavy (non-hydrogen) atoms. The Kier molecular flexibility index (Phi) is 5.70. The van der Waals surface area contributed by atoms with E-state index < -0.39 is 0 Å². The number of rotatable bonds is 5. The first-order valence-corrected chi connectivity index (χ1v) is 7.58. The SMILES string of the molecule is CCOc1cc(/C=N\NC(=O)c2ccncc2)cc(I)c1O. The fraction of sp³-hybridized carbons (Fsp3) is 0.133. The van der Waals surface area contributed by atoms with Gasteiger partial charge in [-0.05, 0) is 59.3 Å². The average molecular weight is 411 g/mol. The minimum absolute atomic E-state index is 0.0976. The molecule has 6 nitrogen and oxygen atoms in total. The minimum Gasteiger partial charge on any atom is -0.504 e.